The van der Waals surface area contributed by atoms with Crippen LogP contribution in [-0.2, 0) is 19.1 Å². The number of nitrogens with one attached hydrogen (secondary N) is 1. The first-order valence-electron chi connectivity index (χ1n) is 8.95. The third-order valence-electron chi connectivity index (χ3n) is 4.29. The van der Waals surface area contributed by atoms with Crippen LogP contribution in [-0.4, -0.2) is 71.8 Å². The zero-order valence-electron chi connectivity index (χ0n) is 17.9. The van der Waals surface area contributed by atoms with E-state index in [2.05, 4.69) is 5.32 Å². The molecule has 0 saturated carbocycles. The summed E-state index contributed by atoms with van der Waals surface area (Å²) < 4.78 is 25.5. The summed E-state index contributed by atoms with van der Waals surface area (Å²) in [4.78, 5) is 38.0. The molecule has 0 radical (unpaired) electrons. The standard InChI is InChI=1S/C20H29NO8/c1-11(2)16(20(24)29-7)21-17(13(22)10-25-3)18(23)12-8-14(26-4)19(28-6)15(9-12)27-5/h8-9,11,16-17,21H,10H2,1-7H3. The molecule has 2 unspecified atom stereocenters. The second kappa shape index (κ2) is 11.4. The van der Waals surface area contributed by atoms with Crippen molar-refractivity contribution >= 4 is 17.5 Å². The topological polar surface area (TPSA) is 109 Å². The van der Waals surface area contributed by atoms with Crippen LogP contribution in [0.1, 0.15) is 24.2 Å². The molecule has 2 atom stereocenters. The number of esters is 1. The number of ether oxygens (including phenoxy) is 5. The van der Waals surface area contributed by atoms with Crippen molar-refractivity contribution in [3.63, 3.8) is 0 Å². The Bertz CT molecular complexity index is 706. The molecule has 0 fully saturated rings. The van der Waals surface area contributed by atoms with Crippen LogP contribution in [0.25, 0.3) is 0 Å². The van der Waals surface area contributed by atoms with Crippen LogP contribution in [0.4, 0.5) is 0 Å². The molecule has 1 aromatic carbocycles. The second-order valence-electron chi connectivity index (χ2n) is 6.52. The molecule has 29 heavy (non-hydrogen) atoms. The van der Waals surface area contributed by atoms with Gasteiger partial charge in [-0.25, -0.2) is 0 Å². The lowest BCUT2D eigenvalue weighted by molar-refractivity contribution is -0.144. The van der Waals surface area contributed by atoms with Crippen LogP contribution < -0.4 is 19.5 Å². The van der Waals surface area contributed by atoms with E-state index in [4.69, 9.17) is 23.7 Å². The van der Waals surface area contributed by atoms with Gasteiger partial charge < -0.3 is 23.7 Å². The molecule has 0 aliphatic rings. The van der Waals surface area contributed by atoms with E-state index in [1.807, 2.05) is 0 Å². The lowest BCUT2D eigenvalue weighted by Crippen LogP contribution is -2.54. The number of hydrogen-bond acceptors (Lipinski definition) is 9. The zero-order chi connectivity index (χ0) is 22.1. The van der Waals surface area contributed by atoms with Crippen molar-refractivity contribution in [3.8, 4) is 17.2 Å². The Kier molecular flexibility index (Phi) is 9.57. The number of methoxy groups -OCH3 is 5. The van der Waals surface area contributed by atoms with Crippen LogP contribution in [0.5, 0.6) is 17.2 Å². The van der Waals surface area contributed by atoms with E-state index in [1.54, 1.807) is 13.8 Å². The molecule has 0 aliphatic carbocycles. The van der Waals surface area contributed by atoms with Gasteiger partial charge >= 0.3 is 5.97 Å². The van der Waals surface area contributed by atoms with Gasteiger partial charge in [0.05, 0.1) is 28.4 Å². The maximum atomic E-state index is 13.2. The minimum Gasteiger partial charge on any atom is -0.493 e. The van der Waals surface area contributed by atoms with Crippen LogP contribution in [0.15, 0.2) is 12.1 Å². The van der Waals surface area contributed by atoms with Gasteiger partial charge in [-0.05, 0) is 18.1 Å². The van der Waals surface area contributed by atoms with Gasteiger partial charge in [0.25, 0.3) is 0 Å². The predicted molar refractivity (Wildman–Crippen MR) is 105 cm³/mol. The summed E-state index contributed by atoms with van der Waals surface area (Å²) in [6.07, 6.45) is 0. The summed E-state index contributed by atoms with van der Waals surface area (Å²) in [5, 5.41) is 2.82. The van der Waals surface area contributed by atoms with E-state index in [1.165, 1.54) is 47.7 Å². The summed E-state index contributed by atoms with van der Waals surface area (Å²) in [5.74, 6) is -1.06. The highest BCUT2D eigenvalue weighted by molar-refractivity contribution is 6.15. The smallest absolute Gasteiger partial charge is 0.323 e. The fraction of sp³-hybridized carbons (Fsp3) is 0.550. The van der Waals surface area contributed by atoms with E-state index in [0.717, 1.165) is 0 Å². The molecule has 0 spiro atoms. The maximum Gasteiger partial charge on any atom is 0.323 e. The van der Waals surface area contributed by atoms with E-state index in [0.29, 0.717) is 5.75 Å². The molecule has 162 valence electrons. The van der Waals surface area contributed by atoms with Crippen LogP contribution in [0, 0.1) is 5.92 Å². The molecule has 1 N–H and O–H groups in total. The van der Waals surface area contributed by atoms with E-state index in [-0.39, 0.29) is 29.6 Å². The van der Waals surface area contributed by atoms with Crippen molar-refractivity contribution in [3.05, 3.63) is 17.7 Å². The lowest BCUT2D eigenvalue weighted by Gasteiger charge is -2.25. The molecule has 0 aliphatic heterocycles. The Balaban J connectivity index is 3.41. The van der Waals surface area contributed by atoms with Gasteiger partial charge in [0.1, 0.15) is 18.7 Å². The predicted octanol–water partition coefficient (Wildman–Crippen LogP) is 1.27. The molecular formula is C20H29NO8. The van der Waals surface area contributed by atoms with Gasteiger partial charge in [0, 0.05) is 12.7 Å². The molecule has 0 aromatic heterocycles. The lowest BCUT2D eigenvalue weighted by atomic mass is 9.96. The number of carbonyl (C=O) groups excluding carboxylic acids is 3. The van der Waals surface area contributed by atoms with Crippen LogP contribution in [0.3, 0.4) is 0 Å². The number of hydrogen-bond donors (Lipinski definition) is 1. The number of Topliss-reactive ketones (excluding diaryl/α,β-unsaturated/α-hetero) is 2. The summed E-state index contributed by atoms with van der Waals surface area (Å²) in [5.41, 5.74) is 0.147. The molecule has 0 heterocycles. The number of benzene rings is 1. The first-order chi connectivity index (χ1) is 13.7. The molecule has 9 nitrogen and oxygen atoms in total. The van der Waals surface area contributed by atoms with Crippen LogP contribution >= 0.6 is 0 Å². The van der Waals surface area contributed by atoms with Gasteiger partial charge in [0.2, 0.25) is 5.75 Å². The van der Waals surface area contributed by atoms with E-state index in [9.17, 15) is 14.4 Å². The molecule has 0 saturated heterocycles. The van der Waals surface area contributed by atoms with Gasteiger partial charge in [-0.15, -0.1) is 0 Å². The fourth-order valence-corrected chi connectivity index (χ4v) is 2.77. The third kappa shape index (κ3) is 5.91. The van der Waals surface area contributed by atoms with Crippen molar-refractivity contribution in [1.82, 2.24) is 5.32 Å². The minimum absolute atomic E-state index is 0.147. The Morgan fingerprint density at radius 3 is 1.86 bits per heavy atom. The number of ketones is 2. The molecular weight excluding hydrogens is 382 g/mol. The Labute approximate surface area is 170 Å². The highest BCUT2D eigenvalue weighted by Crippen LogP contribution is 2.38. The molecule has 1 rings (SSSR count). The highest BCUT2D eigenvalue weighted by Gasteiger charge is 2.34. The van der Waals surface area contributed by atoms with Gasteiger partial charge in [-0.1, -0.05) is 13.8 Å². The van der Waals surface area contributed by atoms with Crippen molar-refractivity contribution in [2.24, 2.45) is 5.92 Å². The summed E-state index contributed by atoms with van der Waals surface area (Å²) in [7, 11) is 6.87. The largest absolute Gasteiger partial charge is 0.493 e. The normalized spacial score (nSPS) is 12.8. The summed E-state index contributed by atoms with van der Waals surface area (Å²) >= 11 is 0. The molecule has 1 aromatic rings. The van der Waals surface area contributed by atoms with Gasteiger partial charge in [-0.2, -0.15) is 0 Å². The Morgan fingerprint density at radius 2 is 1.48 bits per heavy atom. The first-order valence-corrected chi connectivity index (χ1v) is 8.95. The minimum atomic E-state index is -1.33. The molecule has 0 bridgehead atoms. The van der Waals surface area contributed by atoms with E-state index < -0.39 is 29.6 Å². The Hall–Kier alpha value is -2.65. The molecule has 0 amide bonds. The fourth-order valence-electron chi connectivity index (χ4n) is 2.77. The Morgan fingerprint density at radius 1 is 0.931 bits per heavy atom. The average molecular weight is 411 g/mol. The van der Waals surface area contributed by atoms with Crippen molar-refractivity contribution in [2.45, 2.75) is 25.9 Å². The SMILES string of the molecule is COCC(=O)C(NC(C(=O)OC)C(C)C)C(=O)c1cc(OC)c(OC)c(OC)c1. The van der Waals surface area contributed by atoms with Gasteiger partial charge in [0.15, 0.2) is 23.1 Å². The first kappa shape index (κ1) is 24.4. The number of rotatable bonds is 12. The monoisotopic (exact) mass is 411 g/mol. The van der Waals surface area contributed by atoms with E-state index >= 15 is 0 Å². The van der Waals surface area contributed by atoms with Crippen LogP contribution in [0.2, 0.25) is 0 Å². The zero-order valence-corrected chi connectivity index (χ0v) is 17.9. The van der Waals surface area contributed by atoms with Crippen molar-refractivity contribution < 1.29 is 38.1 Å². The van der Waals surface area contributed by atoms with Crippen molar-refractivity contribution in [2.75, 3.05) is 42.2 Å². The number of carbonyl (C=O) groups is 3. The van der Waals surface area contributed by atoms with Crippen molar-refractivity contribution in [1.29, 1.82) is 0 Å². The summed E-state index contributed by atoms with van der Waals surface area (Å²) in [6.45, 7) is 3.24. The quantitative estimate of drug-likeness (QED) is 0.309. The average Bonchev–Trinajstić information content (AvgIpc) is 2.71. The van der Waals surface area contributed by atoms with Gasteiger partial charge in [-0.3, -0.25) is 19.7 Å². The maximum absolute atomic E-state index is 13.2. The third-order valence-corrected chi connectivity index (χ3v) is 4.29. The highest BCUT2D eigenvalue weighted by atomic mass is 16.5. The molecule has 9 heteroatoms. The second-order valence-corrected chi connectivity index (χ2v) is 6.52. The summed E-state index contributed by atoms with van der Waals surface area (Å²) in [6, 6.07) is 0.697.